The molecule has 0 spiro atoms. The summed E-state index contributed by atoms with van der Waals surface area (Å²) in [4.78, 5) is 11.9. The second-order valence-electron chi connectivity index (χ2n) is 5.58. The van der Waals surface area contributed by atoms with Crippen LogP contribution in [0.3, 0.4) is 0 Å². The molecule has 0 fully saturated rings. The van der Waals surface area contributed by atoms with E-state index in [4.69, 9.17) is 4.74 Å². The first-order valence-corrected chi connectivity index (χ1v) is 7.24. The zero-order valence-corrected chi connectivity index (χ0v) is 13.3. The van der Waals surface area contributed by atoms with Crippen molar-refractivity contribution >= 4 is 6.03 Å². The van der Waals surface area contributed by atoms with Crippen molar-refractivity contribution in [3.05, 3.63) is 29.3 Å². The van der Waals surface area contributed by atoms with Gasteiger partial charge in [0.1, 0.15) is 5.75 Å². The Hall–Kier alpha value is -1.75. The number of rotatable bonds is 7. The van der Waals surface area contributed by atoms with Crippen LogP contribution in [0.5, 0.6) is 5.75 Å². The third-order valence-corrected chi connectivity index (χ3v) is 3.48. The smallest absolute Gasteiger partial charge is 0.315 e. The van der Waals surface area contributed by atoms with Crippen molar-refractivity contribution in [2.75, 3.05) is 13.7 Å². The van der Waals surface area contributed by atoms with Gasteiger partial charge in [0.2, 0.25) is 0 Å². The molecule has 3 N–H and O–H groups in total. The Morgan fingerprint density at radius 3 is 2.67 bits per heavy atom. The van der Waals surface area contributed by atoms with E-state index in [1.807, 2.05) is 39.0 Å². The maximum Gasteiger partial charge on any atom is 0.315 e. The first kappa shape index (κ1) is 17.3. The van der Waals surface area contributed by atoms with E-state index in [0.29, 0.717) is 6.54 Å². The van der Waals surface area contributed by atoms with Gasteiger partial charge >= 0.3 is 6.03 Å². The quantitative estimate of drug-likeness (QED) is 0.723. The van der Waals surface area contributed by atoms with Crippen molar-refractivity contribution in [3.63, 3.8) is 0 Å². The lowest BCUT2D eigenvalue weighted by Crippen LogP contribution is -2.52. The molecule has 0 aliphatic rings. The molecule has 1 rings (SSSR count). The summed E-state index contributed by atoms with van der Waals surface area (Å²) in [6.45, 7) is 6.19. The Bertz CT molecular complexity index is 477. The molecule has 0 saturated carbocycles. The predicted octanol–water partition coefficient (Wildman–Crippen LogP) is 2.35. The van der Waals surface area contributed by atoms with Gasteiger partial charge in [-0.3, -0.25) is 0 Å². The van der Waals surface area contributed by atoms with Crippen LogP contribution in [-0.4, -0.2) is 30.4 Å². The molecular weight excluding hydrogens is 268 g/mol. The highest BCUT2D eigenvalue weighted by Gasteiger charge is 2.24. The predicted molar refractivity (Wildman–Crippen MR) is 83.5 cm³/mol. The number of hydrogen-bond donors (Lipinski definition) is 3. The van der Waals surface area contributed by atoms with Crippen molar-refractivity contribution in [2.45, 2.75) is 45.7 Å². The number of ether oxygens (including phenoxy) is 1. The SMILES string of the molecule is CCCC(C)(CO)NC(=O)NCc1ccc(OC)c(C)c1. The number of carbonyl (C=O) groups excluding carboxylic acids is 1. The Balaban J connectivity index is 2.55. The van der Waals surface area contributed by atoms with Gasteiger partial charge in [0.25, 0.3) is 0 Å². The van der Waals surface area contributed by atoms with E-state index >= 15 is 0 Å². The molecule has 1 aromatic rings. The zero-order chi connectivity index (χ0) is 15.9. The summed E-state index contributed by atoms with van der Waals surface area (Å²) in [6.07, 6.45) is 1.63. The number of aliphatic hydroxyl groups is 1. The summed E-state index contributed by atoms with van der Waals surface area (Å²) in [5, 5.41) is 15.0. The van der Waals surface area contributed by atoms with E-state index < -0.39 is 5.54 Å². The lowest BCUT2D eigenvalue weighted by Gasteiger charge is -2.28. The van der Waals surface area contributed by atoms with Gasteiger partial charge in [0.05, 0.1) is 19.3 Å². The summed E-state index contributed by atoms with van der Waals surface area (Å²) in [7, 11) is 1.64. The highest BCUT2D eigenvalue weighted by molar-refractivity contribution is 5.74. The van der Waals surface area contributed by atoms with Gasteiger partial charge in [-0.2, -0.15) is 0 Å². The van der Waals surface area contributed by atoms with Crippen LogP contribution in [0.1, 0.15) is 37.8 Å². The second kappa shape index (κ2) is 7.88. The number of amides is 2. The van der Waals surface area contributed by atoms with Crippen molar-refractivity contribution in [2.24, 2.45) is 0 Å². The van der Waals surface area contributed by atoms with Gasteiger partial charge in [0, 0.05) is 6.54 Å². The van der Waals surface area contributed by atoms with Crippen molar-refractivity contribution < 1.29 is 14.6 Å². The fraction of sp³-hybridized carbons (Fsp3) is 0.562. The fourth-order valence-corrected chi connectivity index (χ4v) is 2.28. The highest BCUT2D eigenvalue weighted by atomic mass is 16.5. The van der Waals surface area contributed by atoms with Gasteiger partial charge in [-0.05, 0) is 37.5 Å². The molecule has 0 bridgehead atoms. The largest absolute Gasteiger partial charge is 0.496 e. The third kappa shape index (κ3) is 5.27. The minimum absolute atomic E-state index is 0.0735. The average Bonchev–Trinajstić information content (AvgIpc) is 2.45. The van der Waals surface area contributed by atoms with E-state index in [-0.39, 0.29) is 12.6 Å². The van der Waals surface area contributed by atoms with Crippen LogP contribution in [0.15, 0.2) is 18.2 Å². The van der Waals surface area contributed by atoms with Crippen LogP contribution in [0, 0.1) is 6.92 Å². The zero-order valence-electron chi connectivity index (χ0n) is 13.3. The standard InChI is InChI=1S/C16H26N2O3/c1-5-8-16(3,11-19)18-15(20)17-10-13-6-7-14(21-4)12(2)9-13/h6-7,9,19H,5,8,10-11H2,1-4H3,(H2,17,18,20). The van der Waals surface area contributed by atoms with Gasteiger partial charge in [-0.15, -0.1) is 0 Å². The molecule has 0 aromatic heterocycles. The summed E-state index contributed by atoms with van der Waals surface area (Å²) in [5.41, 5.74) is 1.46. The first-order valence-electron chi connectivity index (χ1n) is 7.24. The molecule has 5 nitrogen and oxygen atoms in total. The normalized spacial score (nSPS) is 13.4. The van der Waals surface area contributed by atoms with Gasteiger partial charge in [0.15, 0.2) is 0 Å². The molecule has 1 unspecified atom stereocenters. The van der Waals surface area contributed by atoms with Crippen LogP contribution < -0.4 is 15.4 Å². The third-order valence-electron chi connectivity index (χ3n) is 3.48. The van der Waals surface area contributed by atoms with Crippen LogP contribution in [0.25, 0.3) is 0 Å². The fourth-order valence-electron chi connectivity index (χ4n) is 2.28. The molecule has 0 radical (unpaired) electrons. The Labute approximate surface area is 126 Å². The summed E-state index contributed by atoms with van der Waals surface area (Å²) >= 11 is 0. The Kier molecular flexibility index (Phi) is 6.49. The molecular formula is C16H26N2O3. The minimum Gasteiger partial charge on any atom is -0.496 e. The number of aryl methyl sites for hydroxylation is 1. The van der Waals surface area contributed by atoms with Crippen LogP contribution >= 0.6 is 0 Å². The van der Waals surface area contributed by atoms with Crippen molar-refractivity contribution in [1.82, 2.24) is 10.6 Å². The highest BCUT2D eigenvalue weighted by Crippen LogP contribution is 2.18. The number of methoxy groups -OCH3 is 1. The number of nitrogens with one attached hydrogen (secondary N) is 2. The first-order chi connectivity index (χ1) is 9.94. The maximum absolute atomic E-state index is 11.9. The molecule has 0 heterocycles. The average molecular weight is 294 g/mol. The molecule has 1 aromatic carbocycles. The van der Waals surface area contributed by atoms with E-state index in [0.717, 1.165) is 29.7 Å². The van der Waals surface area contributed by atoms with E-state index in [9.17, 15) is 9.90 Å². The topological polar surface area (TPSA) is 70.6 Å². The monoisotopic (exact) mass is 294 g/mol. The van der Waals surface area contributed by atoms with Crippen LogP contribution in [-0.2, 0) is 6.54 Å². The molecule has 5 heteroatoms. The molecule has 0 aliphatic carbocycles. The lowest BCUT2D eigenvalue weighted by molar-refractivity contribution is 0.163. The molecule has 21 heavy (non-hydrogen) atoms. The second-order valence-corrected chi connectivity index (χ2v) is 5.58. The van der Waals surface area contributed by atoms with Crippen LogP contribution in [0.2, 0.25) is 0 Å². The van der Waals surface area contributed by atoms with Crippen molar-refractivity contribution in [1.29, 1.82) is 0 Å². The van der Waals surface area contributed by atoms with Gasteiger partial charge in [-0.25, -0.2) is 4.79 Å². The molecule has 2 amide bonds. The number of urea groups is 1. The molecule has 1 atom stereocenters. The van der Waals surface area contributed by atoms with Crippen LogP contribution in [0.4, 0.5) is 4.79 Å². The molecule has 118 valence electrons. The number of hydrogen-bond acceptors (Lipinski definition) is 3. The van der Waals surface area contributed by atoms with Crippen molar-refractivity contribution in [3.8, 4) is 5.75 Å². The number of carbonyl (C=O) groups is 1. The summed E-state index contributed by atoms with van der Waals surface area (Å²) in [5.74, 6) is 0.832. The Morgan fingerprint density at radius 2 is 2.14 bits per heavy atom. The Morgan fingerprint density at radius 1 is 1.43 bits per heavy atom. The summed E-state index contributed by atoms with van der Waals surface area (Å²) < 4.78 is 5.21. The molecule has 0 saturated heterocycles. The minimum atomic E-state index is -0.575. The van der Waals surface area contributed by atoms with Gasteiger partial charge in [-0.1, -0.05) is 25.5 Å². The van der Waals surface area contributed by atoms with Gasteiger partial charge < -0.3 is 20.5 Å². The van der Waals surface area contributed by atoms with E-state index in [1.54, 1.807) is 7.11 Å². The molecule has 0 aliphatic heterocycles. The lowest BCUT2D eigenvalue weighted by atomic mass is 9.98. The maximum atomic E-state index is 11.9. The van der Waals surface area contributed by atoms with E-state index in [2.05, 4.69) is 10.6 Å². The van der Waals surface area contributed by atoms with E-state index in [1.165, 1.54) is 0 Å². The summed E-state index contributed by atoms with van der Waals surface area (Å²) in [6, 6.07) is 5.52. The number of benzene rings is 1. The number of aliphatic hydroxyl groups excluding tert-OH is 1.